The van der Waals surface area contributed by atoms with Gasteiger partial charge >= 0.3 is 0 Å². The zero-order chi connectivity index (χ0) is 26.1. The van der Waals surface area contributed by atoms with Crippen molar-refractivity contribution in [2.24, 2.45) is 0 Å². The number of nitrogens with zero attached hydrogens (tertiary/aromatic N) is 4. The Morgan fingerprint density at radius 3 is 2.47 bits per heavy atom. The van der Waals surface area contributed by atoms with E-state index in [0.29, 0.717) is 35.2 Å². The number of hydrogen-bond donors (Lipinski definition) is 0. The zero-order valence-corrected chi connectivity index (χ0v) is 21.7. The first-order chi connectivity index (χ1) is 18.6. The summed E-state index contributed by atoms with van der Waals surface area (Å²) in [5.41, 5.74) is 3.89. The van der Waals surface area contributed by atoms with Gasteiger partial charge in [-0.3, -0.25) is 9.69 Å². The molecular formula is C29H27ClN4O4. The van der Waals surface area contributed by atoms with Gasteiger partial charge in [0, 0.05) is 38.3 Å². The molecule has 0 aliphatic carbocycles. The van der Waals surface area contributed by atoms with Crippen LogP contribution in [0.2, 0.25) is 5.02 Å². The molecule has 6 rings (SSSR count). The smallest absolute Gasteiger partial charge is 0.272 e. The van der Waals surface area contributed by atoms with Crippen molar-refractivity contribution in [1.29, 1.82) is 0 Å². The summed E-state index contributed by atoms with van der Waals surface area (Å²) >= 11 is 6.52. The molecule has 0 radical (unpaired) electrons. The van der Waals surface area contributed by atoms with Crippen LogP contribution in [0.1, 0.15) is 16.1 Å². The fourth-order valence-corrected chi connectivity index (χ4v) is 5.03. The fourth-order valence-electron chi connectivity index (χ4n) is 4.81. The largest absolute Gasteiger partial charge is 0.497 e. The van der Waals surface area contributed by atoms with Gasteiger partial charge in [0.05, 0.1) is 23.5 Å². The summed E-state index contributed by atoms with van der Waals surface area (Å²) in [6.45, 7) is 3.84. The maximum absolute atomic E-state index is 13.8. The molecule has 8 nitrogen and oxygen atoms in total. The average molecular weight is 531 g/mol. The molecule has 0 unspecified atom stereocenters. The molecule has 1 saturated heterocycles. The van der Waals surface area contributed by atoms with Crippen LogP contribution >= 0.6 is 11.6 Å². The molecule has 4 aromatic rings. The van der Waals surface area contributed by atoms with Crippen molar-refractivity contribution in [2.75, 3.05) is 40.1 Å². The van der Waals surface area contributed by atoms with Crippen molar-refractivity contribution in [3.63, 3.8) is 0 Å². The lowest BCUT2D eigenvalue weighted by Crippen LogP contribution is -2.48. The highest BCUT2D eigenvalue weighted by atomic mass is 35.5. The highest BCUT2D eigenvalue weighted by Crippen LogP contribution is 2.33. The lowest BCUT2D eigenvalue weighted by Gasteiger charge is -2.34. The third-order valence-electron chi connectivity index (χ3n) is 6.90. The van der Waals surface area contributed by atoms with Gasteiger partial charge < -0.3 is 19.1 Å². The highest BCUT2D eigenvalue weighted by molar-refractivity contribution is 6.32. The minimum absolute atomic E-state index is 0.0695. The Kier molecular flexibility index (Phi) is 6.66. The summed E-state index contributed by atoms with van der Waals surface area (Å²) in [5.74, 6) is 2.26. The molecule has 1 fully saturated rings. The number of piperazine rings is 1. The van der Waals surface area contributed by atoms with Gasteiger partial charge in [-0.2, -0.15) is 5.10 Å². The van der Waals surface area contributed by atoms with Crippen molar-refractivity contribution in [3.05, 3.63) is 89.1 Å². The molecule has 9 heteroatoms. The first-order valence-electron chi connectivity index (χ1n) is 12.5. The van der Waals surface area contributed by atoms with Gasteiger partial charge in [-0.05, 0) is 60.2 Å². The number of ether oxygens (including phenoxy) is 3. The van der Waals surface area contributed by atoms with E-state index in [9.17, 15) is 4.79 Å². The van der Waals surface area contributed by atoms with E-state index in [1.54, 1.807) is 17.9 Å². The van der Waals surface area contributed by atoms with Crippen molar-refractivity contribution < 1.29 is 19.0 Å². The summed E-state index contributed by atoms with van der Waals surface area (Å²) in [5, 5.41) is 5.32. The number of rotatable bonds is 6. The molecule has 2 aliphatic rings. The first kappa shape index (κ1) is 24.3. The van der Waals surface area contributed by atoms with Crippen LogP contribution in [0.5, 0.6) is 17.2 Å². The van der Waals surface area contributed by atoms with E-state index in [1.165, 1.54) is 0 Å². The number of aromatic nitrogens is 2. The number of para-hydroxylation sites is 1. The molecule has 0 N–H and O–H groups in total. The van der Waals surface area contributed by atoms with Crippen LogP contribution < -0.4 is 14.2 Å². The molecule has 0 saturated carbocycles. The molecule has 0 atom stereocenters. The first-order valence-corrected chi connectivity index (χ1v) is 12.9. The van der Waals surface area contributed by atoms with Gasteiger partial charge in [0.15, 0.2) is 11.5 Å². The van der Waals surface area contributed by atoms with E-state index in [0.717, 1.165) is 48.0 Å². The van der Waals surface area contributed by atoms with Crippen molar-refractivity contribution in [1.82, 2.24) is 19.6 Å². The van der Waals surface area contributed by atoms with E-state index in [1.807, 2.05) is 65.6 Å². The van der Waals surface area contributed by atoms with Crippen LogP contribution in [0, 0.1) is 0 Å². The number of halogens is 1. The number of carbonyl (C=O) groups is 1. The van der Waals surface area contributed by atoms with E-state index in [4.69, 9.17) is 30.9 Å². The van der Waals surface area contributed by atoms with Crippen LogP contribution in [0.3, 0.4) is 0 Å². The number of hydrogen-bond acceptors (Lipinski definition) is 6. The third kappa shape index (κ3) is 4.80. The second-order valence-corrected chi connectivity index (χ2v) is 9.67. The van der Waals surface area contributed by atoms with E-state index in [2.05, 4.69) is 11.0 Å². The van der Waals surface area contributed by atoms with Gasteiger partial charge in [-0.25, -0.2) is 4.68 Å². The Bertz CT molecular complexity index is 1460. The predicted octanol–water partition coefficient (Wildman–Crippen LogP) is 4.89. The monoisotopic (exact) mass is 530 g/mol. The molecule has 194 valence electrons. The van der Waals surface area contributed by atoms with Gasteiger partial charge in [0.25, 0.3) is 5.91 Å². The number of fused-ring (bicyclic) bond motifs is 1. The number of amides is 1. The van der Waals surface area contributed by atoms with Gasteiger partial charge in [-0.15, -0.1) is 0 Å². The second-order valence-electron chi connectivity index (χ2n) is 9.26. The molecule has 3 aromatic carbocycles. The zero-order valence-electron chi connectivity index (χ0n) is 21.0. The molecule has 0 spiro atoms. The molecule has 0 bridgehead atoms. The third-order valence-corrected chi connectivity index (χ3v) is 7.22. The molecule has 2 aliphatic heterocycles. The molecule has 38 heavy (non-hydrogen) atoms. The molecule has 1 amide bonds. The van der Waals surface area contributed by atoms with Crippen molar-refractivity contribution in [3.8, 4) is 34.2 Å². The maximum atomic E-state index is 13.8. The number of benzene rings is 3. The van der Waals surface area contributed by atoms with Gasteiger partial charge in [0.1, 0.15) is 11.4 Å². The summed E-state index contributed by atoms with van der Waals surface area (Å²) in [4.78, 5) is 18.0. The average Bonchev–Trinajstić information content (AvgIpc) is 3.61. The highest BCUT2D eigenvalue weighted by Gasteiger charge is 2.27. The van der Waals surface area contributed by atoms with Gasteiger partial charge in [-0.1, -0.05) is 29.8 Å². The van der Waals surface area contributed by atoms with Crippen LogP contribution in [0.4, 0.5) is 0 Å². The molecular weight excluding hydrogens is 504 g/mol. The maximum Gasteiger partial charge on any atom is 0.272 e. The summed E-state index contributed by atoms with van der Waals surface area (Å²) in [7, 11) is 1.63. The normalized spacial score (nSPS) is 15.1. The van der Waals surface area contributed by atoms with Crippen LogP contribution in [0.15, 0.2) is 72.8 Å². The fraction of sp³-hybridized carbons (Fsp3) is 0.241. The van der Waals surface area contributed by atoms with Crippen molar-refractivity contribution in [2.45, 2.75) is 6.54 Å². The quantitative estimate of drug-likeness (QED) is 0.354. The summed E-state index contributed by atoms with van der Waals surface area (Å²) < 4.78 is 17.9. The molecule has 1 aromatic heterocycles. The van der Waals surface area contributed by atoms with Gasteiger partial charge in [0.2, 0.25) is 6.79 Å². The van der Waals surface area contributed by atoms with Crippen LogP contribution in [-0.2, 0) is 6.54 Å². The van der Waals surface area contributed by atoms with Crippen LogP contribution in [-0.4, -0.2) is 65.6 Å². The minimum atomic E-state index is -0.0695. The van der Waals surface area contributed by atoms with E-state index >= 15 is 0 Å². The summed E-state index contributed by atoms with van der Waals surface area (Å²) in [6, 6.07) is 22.9. The van der Waals surface area contributed by atoms with E-state index < -0.39 is 0 Å². The number of carbonyl (C=O) groups excluding carboxylic acids is 1. The summed E-state index contributed by atoms with van der Waals surface area (Å²) in [6.07, 6.45) is 0. The Balaban J connectivity index is 1.21. The lowest BCUT2D eigenvalue weighted by molar-refractivity contribution is 0.0619. The van der Waals surface area contributed by atoms with Crippen molar-refractivity contribution >= 4 is 17.5 Å². The number of methoxy groups -OCH3 is 1. The SMILES string of the molecule is COc1ccc(-c2cc(C(=O)N3CCN(Cc4ccc5c(c4)OCO5)CC3)n(-c3ccccc3Cl)n2)cc1. The second kappa shape index (κ2) is 10.4. The Hall–Kier alpha value is -4.01. The predicted molar refractivity (Wildman–Crippen MR) is 144 cm³/mol. The lowest BCUT2D eigenvalue weighted by atomic mass is 10.1. The Morgan fingerprint density at radius 2 is 1.71 bits per heavy atom. The minimum Gasteiger partial charge on any atom is -0.497 e. The van der Waals surface area contributed by atoms with Crippen LogP contribution in [0.25, 0.3) is 16.9 Å². The Morgan fingerprint density at radius 1 is 0.947 bits per heavy atom. The molecule has 3 heterocycles. The standard InChI is InChI=1S/C29H27ClN4O4/c1-36-22-9-7-21(8-10-22)24-17-26(34(31-24)25-5-3-2-4-23(25)30)29(35)33-14-12-32(13-15-33)18-20-6-11-27-28(16-20)38-19-37-27/h2-11,16-17H,12-15,18-19H2,1H3. The topological polar surface area (TPSA) is 69.1 Å². The Labute approximate surface area is 225 Å². The van der Waals surface area contributed by atoms with E-state index in [-0.39, 0.29) is 12.7 Å².